The van der Waals surface area contributed by atoms with Crippen molar-refractivity contribution in [3.05, 3.63) is 0 Å². The van der Waals surface area contributed by atoms with Crippen molar-refractivity contribution in [3.8, 4) is 0 Å². The van der Waals surface area contributed by atoms with Crippen molar-refractivity contribution >= 4 is 6.29 Å². The zero-order valence-corrected chi connectivity index (χ0v) is 2.64. The molecule has 0 unspecified atom stereocenters. The normalized spacial score (nSPS) is 7.40. The number of aldehydes is 1. The Morgan fingerprint density at radius 3 is 2.60 bits per heavy atom. The van der Waals surface area contributed by atoms with Crippen LogP contribution in [0.1, 0.15) is 0 Å². The monoisotopic (exact) mass is 75.0 g/mol. The largest absolute Gasteiger partial charge is 0.316 e. The van der Waals surface area contributed by atoms with E-state index in [-0.39, 0.29) is 6.54 Å². The van der Waals surface area contributed by atoms with Crippen LogP contribution in [0.4, 0.5) is 0 Å². The molecule has 0 aromatic rings. The minimum Gasteiger partial charge on any atom is -0.316 e. The molecule has 0 aliphatic carbocycles. The Morgan fingerprint density at radius 2 is 2.60 bits per heavy atom. The molecule has 0 aliphatic rings. The van der Waals surface area contributed by atoms with Gasteiger partial charge in [-0.2, -0.15) is 5.48 Å². The van der Waals surface area contributed by atoms with Crippen LogP contribution in [-0.4, -0.2) is 18.0 Å². The lowest BCUT2D eigenvalue weighted by Gasteiger charge is -1.75. The van der Waals surface area contributed by atoms with Crippen molar-refractivity contribution < 1.29 is 10.0 Å². The third-order valence-electron chi connectivity index (χ3n) is 0.175. The van der Waals surface area contributed by atoms with Gasteiger partial charge in [0.1, 0.15) is 6.29 Å². The van der Waals surface area contributed by atoms with Gasteiger partial charge in [0.25, 0.3) is 0 Å². The number of nitrogens with one attached hydrogen (secondary N) is 1. The van der Waals surface area contributed by atoms with Crippen molar-refractivity contribution in [2.24, 2.45) is 0 Å². The van der Waals surface area contributed by atoms with Gasteiger partial charge in [-0.3, -0.25) is 0 Å². The van der Waals surface area contributed by atoms with Gasteiger partial charge in [0.15, 0.2) is 0 Å². The summed E-state index contributed by atoms with van der Waals surface area (Å²) >= 11 is 0. The molecule has 5 heavy (non-hydrogen) atoms. The molecule has 3 heteroatoms. The second kappa shape index (κ2) is 3.59. The molecule has 0 aromatic heterocycles. The number of hydrogen-bond acceptors (Lipinski definition) is 3. The van der Waals surface area contributed by atoms with Crippen molar-refractivity contribution in [1.82, 2.24) is 5.48 Å². The second-order valence-electron chi connectivity index (χ2n) is 0.529. The summed E-state index contributed by atoms with van der Waals surface area (Å²) in [5.41, 5.74) is 1.65. The van der Waals surface area contributed by atoms with E-state index in [4.69, 9.17) is 5.21 Å². The number of hydroxylamine groups is 1. The van der Waals surface area contributed by atoms with Crippen LogP contribution >= 0.6 is 0 Å². The van der Waals surface area contributed by atoms with Crippen molar-refractivity contribution in [2.75, 3.05) is 6.54 Å². The first-order valence-corrected chi connectivity index (χ1v) is 1.22. The van der Waals surface area contributed by atoms with Crippen molar-refractivity contribution in [2.45, 2.75) is 0 Å². The van der Waals surface area contributed by atoms with Crippen molar-refractivity contribution in [1.29, 1.82) is 0 Å². The Morgan fingerprint density at radius 1 is 2.00 bits per heavy atom. The highest BCUT2D eigenvalue weighted by molar-refractivity contribution is 5.51. The van der Waals surface area contributed by atoms with E-state index in [0.29, 0.717) is 6.29 Å². The summed E-state index contributed by atoms with van der Waals surface area (Å²) in [6, 6.07) is 0. The fraction of sp³-hybridized carbons (Fsp3) is 0.500. The van der Waals surface area contributed by atoms with Crippen LogP contribution < -0.4 is 5.48 Å². The SMILES string of the molecule is O=CCNO. The van der Waals surface area contributed by atoms with Gasteiger partial charge in [-0.15, -0.1) is 0 Å². The lowest BCUT2D eigenvalue weighted by Crippen LogP contribution is -2.08. The quantitative estimate of drug-likeness (QED) is 0.332. The molecule has 0 amide bonds. The zero-order chi connectivity index (χ0) is 4.12. The van der Waals surface area contributed by atoms with Gasteiger partial charge >= 0.3 is 0 Å². The van der Waals surface area contributed by atoms with E-state index < -0.39 is 0 Å². The predicted octanol–water partition coefficient (Wildman–Crippen LogP) is -0.836. The molecule has 2 N–H and O–H groups in total. The summed E-state index contributed by atoms with van der Waals surface area (Å²) in [6.07, 6.45) is 0.569. The van der Waals surface area contributed by atoms with Crippen LogP contribution in [-0.2, 0) is 4.79 Å². The van der Waals surface area contributed by atoms with Crippen LogP contribution in [0.3, 0.4) is 0 Å². The Labute approximate surface area is 29.6 Å². The number of hydrogen-bond donors (Lipinski definition) is 2. The average molecular weight is 75.1 g/mol. The fourth-order valence-electron chi connectivity index (χ4n) is 0.0373. The highest BCUT2D eigenvalue weighted by Crippen LogP contribution is 1.31. The Hall–Kier alpha value is -0.410. The van der Waals surface area contributed by atoms with Gasteiger partial charge in [0.2, 0.25) is 0 Å². The van der Waals surface area contributed by atoms with Crippen LogP contribution in [0.25, 0.3) is 0 Å². The minimum atomic E-state index is 0.0139. The van der Waals surface area contributed by atoms with E-state index in [9.17, 15) is 4.79 Å². The van der Waals surface area contributed by atoms with Gasteiger partial charge < -0.3 is 10.0 Å². The van der Waals surface area contributed by atoms with E-state index in [2.05, 4.69) is 0 Å². The van der Waals surface area contributed by atoms with Crippen molar-refractivity contribution in [3.63, 3.8) is 0 Å². The van der Waals surface area contributed by atoms with E-state index >= 15 is 0 Å². The maximum Gasteiger partial charge on any atom is 0.136 e. The van der Waals surface area contributed by atoms with Gasteiger partial charge in [-0.1, -0.05) is 0 Å². The smallest absolute Gasteiger partial charge is 0.136 e. The molecule has 0 aliphatic heterocycles. The standard InChI is InChI=1S/C2H5NO2/c4-2-1-3-5/h2-3,5H,1H2. The topological polar surface area (TPSA) is 49.3 Å². The summed E-state index contributed by atoms with van der Waals surface area (Å²) in [6.45, 7) is 0.0139. The third kappa shape index (κ3) is 3.59. The van der Waals surface area contributed by atoms with Gasteiger partial charge in [0, 0.05) is 0 Å². The Balaban J connectivity index is 2.40. The molecule has 0 atom stereocenters. The van der Waals surface area contributed by atoms with Gasteiger partial charge in [0.05, 0.1) is 6.54 Å². The van der Waals surface area contributed by atoms with Crippen LogP contribution in [0.15, 0.2) is 0 Å². The zero-order valence-electron chi connectivity index (χ0n) is 2.64. The summed E-state index contributed by atoms with van der Waals surface area (Å²) in [7, 11) is 0. The van der Waals surface area contributed by atoms with E-state index in [1.165, 1.54) is 0 Å². The summed E-state index contributed by atoms with van der Waals surface area (Å²) in [5, 5.41) is 7.58. The molecule has 0 spiro atoms. The Kier molecular flexibility index (Phi) is 3.30. The molecule has 0 bridgehead atoms. The first-order chi connectivity index (χ1) is 2.41. The van der Waals surface area contributed by atoms with E-state index in [1.54, 1.807) is 5.48 Å². The number of carbonyl (C=O) groups excluding carboxylic acids is 1. The summed E-state index contributed by atoms with van der Waals surface area (Å²) in [4.78, 5) is 9.18. The van der Waals surface area contributed by atoms with E-state index in [0.717, 1.165) is 0 Å². The summed E-state index contributed by atoms with van der Waals surface area (Å²) < 4.78 is 0. The van der Waals surface area contributed by atoms with Crippen LogP contribution in [0.2, 0.25) is 0 Å². The molecule has 0 radical (unpaired) electrons. The highest BCUT2D eigenvalue weighted by Gasteiger charge is 1.64. The highest BCUT2D eigenvalue weighted by atomic mass is 16.5. The molecule has 0 saturated heterocycles. The minimum absolute atomic E-state index is 0.0139. The predicted molar refractivity (Wildman–Crippen MR) is 15.9 cm³/mol. The molecule has 0 rings (SSSR count). The Bertz CT molecular complexity index is 28.8. The molecular formula is C2H5NO2. The molecule has 0 fully saturated rings. The molecule has 30 valence electrons. The van der Waals surface area contributed by atoms with Gasteiger partial charge in [-0.25, -0.2) is 0 Å². The number of rotatable bonds is 2. The maximum atomic E-state index is 9.18. The lowest BCUT2D eigenvalue weighted by atomic mass is 10.8. The fourth-order valence-corrected chi connectivity index (χ4v) is 0.0373. The number of carbonyl (C=O) groups is 1. The molecule has 0 saturated carbocycles. The molecule has 0 aromatic carbocycles. The molecule has 3 nitrogen and oxygen atoms in total. The second-order valence-corrected chi connectivity index (χ2v) is 0.529. The lowest BCUT2D eigenvalue weighted by molar-refractivity contribution is -0.108. The average Bonchev–Trinajstić information content (AvgIpc) is 1.41. The first-order valence-electron chi connectivity index (χ1n) is 1.22. The summed E-state index contributed by atoms with van der Waals surface area (Å²) in [5.74, 6) is 0. The molecular weight excluding hydrogens is 70.0 g/mol. The van der Waals surface area contributed by atoms with Gasteiger partial charge in [-0.05, 0) is 0 Å². The third-order valence-corrected chi connectivity index (χ3v) is 0.175. The van der Waals surface area contributed by atoms with E-state index in [1.807, 2.05) is 0 Å². The van der Waals surface area contributed by atoms with Crippen LogP contribution in [0, 0.1) is 0 Å². The molecule has 0 heterocycles. The maximum absolute atomic E-state index is 9.18. The first kappa shape index (κ1) is 4.59. The van der Waals surface area contributed by atoms with Crippen LogP contribution in [0.5, 0.6) is 0 Å².